The van der Waals surface area contributed by atoms with Gasteiger partial charge in [0.15, 0.2) is 9.84 Å². The van der Waals surface area contributed by atoms with Gasteiger partial charge in [0.1, 0.15) is 0 Å². The lowest BCUT2D eigenvalue weighted by atomic mass is 9.92. The van der Waals surface area contributed by atoms with E-state index in [0.717, 1.165) is 46.0 Å². The summed E-state index contributed by atoms with van der Waals surface area (Å²) in [5.74, 6) is 1.17. The summed E-state index contributed by atoms with van der Waals surface area (Å²) in [6.45, 7) is 15.5. The van der Waals surface area contributed by atoms with Crippen LogP contribution in [0.3, 0.4) is 0 Å². The molecule has 0 N–H and O–H groups in total. The quantitative estimate of drug-likeness (QED) is 0.0606. The fourth-order valence-corrected chi connectivity index (χ4v) is 9.49. The first kappa shape index (κ1) is 43.2. The Morgan fingerprint density at radius 1 is 0.722 bits per heavy atom. The first-order valence-electron chi connectivity index (χ1n) is 18.7. The number of carbonyl (C=O) groups is 2. The third-order valence-corrected chi connectivity index (χ3v) is 11.8. The Bertz CT molecular complexity index is 1930. The Balaban J connectivity index is 1.43. The van der Waals surface area contributed by atoms with Crippen molar-refractivity contribution in [1.82, 2.24) is 20.1 Å². The molecular formula is C42H58N4O6S2. The molecule has 0 aliphatic heterocycles. The molecule has 4 unspecified atom stereocenters. The highest BCUT2D eigenvalue weighted by molar-refractivity contribution is 7.98. The van der Waals surface area contributed by atoms with Gasteiger partial charge in [-0.05, 0) is 114 Å². The van der Waals surface area contributed by atoms with Crippen molar-refractivity contribution in [2.45, 2.75) is 116 Å². The zero-order chi connectivity index (χ0) is 39.5. The molecular weight excluding hydrogens is 721 g/mol. The molecule has 0 spiro atoms. The molecule has 10 nitrogen and oxygen atoms in total. The Morgan fingerprint density at radius 2 is 1.22 bits per heavy atom. The number of rotatable bonds is 21. The number of para-hydroxylation sites is 2. The van der Waals surface area contributed by atoms with Crippen molar-refractivity contribution in [3.63, 3.8) is 0 Å². The molecule has 12 heteroatoms. The maximum absolute atomic E-state index is 13.4. The number of nitrogens with zero attached hydrogens (tertiary/aromatic N) is 4. The van der Waals surface area contributed by atoms with Crippen LogP contribution in [0.1, 0.15) is 92.2 Å². The first-order valence-corrected chi connectivity index (χ1v) is 21.7. The van der Waals surface area contributed by atoms with Crippen LogP contribution in [0.2, 0.25) is 0 Å². The topological polar surface area (TPSA) is 119 Å². The Labute approximate surface area is 326 Å². The maximum atomic E-state index is 13.4. The summed E-state index contributed by atoms with van der Waals surface area (Å²) in [5.41, 5.74) is 2.36. The minimum atomic E-state index is -3.48. The molecule has 4 aromatic rings. The Morgan fingerprint density at radius 3 is 1.78 bits per heavy atom. The first-order chi connectivity index (χ1) is 25.4. The fourth-order valence-electron chi connectivity index (χ4n) is 6.63. The van der Waals surface area contributed by atoms with Crippen molar-refractivity contribution in [3.8, 4) is 0 Å². The second-order valence-corrected chi connectivity index (χ2v) is 19.7. The van der Waals surface area contributed by atoms with Crippen LogP contribution in [0.15, 0.2) is 73.1 Å². The van der Waals surface area contributed by atoms with Gasteiger partial charge >= 0.3 is 0 Å². The van der Waals surface area contributed by atoms with Crippen LogP contribution in [0, 0.1) is 11.8 Å². The van der Waals surface area contributed by atoms with Crippen molar-refractivity contribution in [2.24, 2.45) is 11.8 Å². The van der Waals surface area contributed by atoms with Crippen LogP contribution in [-0.4, -0.2) is 76.1 Å². The van der Waals surface area contributed by atoms with E-state index in [4.69, 9.17) is 9.68 Å². The van der Waals surface area contributed by atoms with E-state index in [1.165, 1.54) is 10.1 Å². The minimum absolute atomic E-state index is 0.0292. The number of hydroxylamine groups is 4. The van der Waals surface area contributed by atoms with Crippen LogP contribution < -0.4 is 0 Å². The zero-order valence-electron chi connectivity index (χ0n) is 33.1. The summed E-state index contributed by atoms with van der Waals surface area (Å²) >= 11 is 1.73. The van der Waals surface area contributed by atoms with E-state index in [9.17, 15) is 18.0 Å². The van der Waals surface area contributed by atoms with E-state index >= 15 is 0 Å². The second kappa shape index (κ2) is 19.3. The number of amides is 2. The third-order valence-electron chi connectivity index (χ3n) is 8.83. The number of hydrogen-bond donors (Lipinski definition) is 0. The molecule has 2 amide bonds. The normalized spacial score (nSPS) is 14.7. The predicted molar refractivity (Wildman–Crippen MR) is 219 cm³/mol. The lowest BCUT2D eigenvalue weighted by molar-refractivity contribution is -0.235. The van der Waals surface area contributed by atoms with Gasteiger partial charge in [-0.1, -0.05) is 50.2 Å². The molecule has 4 rings (SSSR count). The second-order valence-electron chi connectivity index (χ2n) is 16.5. The average molecular weight is 779 g/mol. The minimum Gasteiger partial charge on any atom is -0.276 e. The number of carbonyl (C=O) groups excluding carboxylic acids is 2. The number of hydrogen-bond acceptors (Lipinski definition) is 9. The fraction of sp³-hybridized carbons (Fsp3) is 0.524. The lowest BCUT2D eigenvalue weighted by Crippen LogP contribution is -2.43. The van der Waals surface area contributed by atoms with Gasteiger partial charge in [-0.25, -0.2) is 18.5 Å². The van der Waals surface area contributed by atoms with Crippen molar-refractivity contribution < 1.29 is 27.7 Å². The molecule has 0 bridgehead atoms. The van der Waals surface area contributed by atoms with Gasteiger partial charge in [-0.2, -0.15) is 11.8 Å². The lowest BCUT2D eigenvalue weighted by Gasteiger charge is -2.36. The van der Waals surface area contributed by atoms with Crippen molar-refractivity contribution in [2.75, 3.05) is 11.5 Å². The highest BCUT2D eigenvalue weighted by Gasteiger charge is 2.30. The molecule has 0 saturated heterocycles. The van der Waals surface area contributed by atoms with Crippen LogP contribution in [0.4, 0.5) is 0 Å². The number of pyridine rings is 2. The van der Waals surface area contributed by atoms with Crippen molar-refractivity contribution >= 4 is 56.2 Å². The Kier molecular flexibility index (Phi) is 15.4. The highest BCUT2D eigenvalue weighted by Crippen LogP contribution is 2.28. The SMILES string of the molecule is CC(CCC(CC(C)CS(=O)(=O)Cc1cnc2ccccc2c1)N(C=O)OC(C)(C)C)CC(CSCc1cnc2ccccc2c1)N(C=O)OC(C)(C)C. The molecule has 0 aliphatic carbocycles. The molecule has 2 heterocycles. The zero-order valence-corrected chi connectivity index (χ0v) is 34.7. The summed E-state index contributed by atoms with van der Waals surface area (Å²) in [7, 11) is -3.48. The monoisotopic (exact) mass is 778 g/mol. The highest BCUT2D eigenvalue weighted by atomic mass is 32.2. The van der Waals surface area contributed by atoms with E-state index in [1.54, 1.807) is 18.0 Å². The molecule has 0 fully saturated rings. The molecule has 54 heavy (non-hydrogen) atoms. The van der Waals surface area contributed by atoms with Gasteiger partial charge in [0.2, 0.25) is 12.8 Å². The van der Waals surface area contributed by atoms with E-state index in [0.29, 0.717) is 37.0 Å². The molecule has 4 atom stereocenters. The van der Waals surface area contributed by atoms with E-state index < -0.39 is 21.0 Å². The number of sulfone groups is 1. The van der Waals surface area contributed by atoms with Gasteiger partial charge in [0, 0.05) is 34.7 Å². The van der Waals surface area contributed by atoms with Gasteiger partial charge in [0.05, 0.1) is 45.8 Å². The van der Waals surface area contributed by atoms with Crippen molar-refractivity contribution in [3.05, 3.63) is 84.2 Å². The molecule has 2 aromatic heterocycles. The predicted octanol–water partition coefficient (Wildman–Crippen LogP) is 8.58. The van der Waals surface area contributed by atoms with Gasteiger partial charge in [0.25, 0.3) is 0 Å². The van der Waals surface area contributed by atoms with E-state index in [1.807, 2.05) is 103 Å². The molecule has 0 saturated carbocycles. The smallest absolute Gasteiger partial charge is 0.233 e. The van der Waals surface area contributed by atoms with E-state index in [-0.39, 0.29) is 35.4 Å². The molecule has 2 aromatic carbocycles. The van der Waals surface area contributed by atoms with E-state index in [2.05, 4.69) is 29.0 Å². The molecule has 294 valence electrons. The van der Waals surface area contributed by atoms with Gasteiger partial charge in [-0.3, -0.25) is 29.2 Å². The molecule has 0 aliphatic rings. The van der Waals surface area contributed by atoms with Crippen LogP contribution in [0.25, 0.3) is 21.8 Å². The number of fused-ring (bicyclic) bond motifs is 2. The van der Waals surface area contributed by atoms with Crippen LogP contribution in [-0.2, 0) is 40.6 Å². The third kappa shape index (κ3) is 14.2. The summed E-state index contributed by atoms with van der Waals surface area (Å²) in [6.07, 6.45) is 7.45. The largest absolute Gasteiger partial charge is 0.276 e. The Hall–Kier alpha value is -3.58. The van der Waals surface area contributed by atoms with Crippen LogP contribution >= 0.6 is 11.8 Å². The summed E-state index contributed by atoms with van der Waals surface area (Å²) in [5, 5.41) is 4.82. The summed E-state index contributed by atoms with van der Waals surface area (Å²) < 4.78 is 26.8. The van der Waals surface area contributed by atoms with Crippen molar-refractivity contribution in [1.29, 1.82) is 0 Å². The average Bonchev–Trinajstić information content (AvgIpc) is 3.09. The van der Waals surface area contributed by atoms with Gasteiger partial charge < -0.3 is 0 Å². The van der Waals surface area contributed by atoms with Crippen LogP contribution in [0.5, 0.6) is 0 Å². The summed E-state index contributed by atoms with van der Waals surface area (Å²) in [6, 6.07) is 19.2. The number of thioether (sulfide) groups is 1. The number of benzene rings is 2. The molecule has 0 radical (unpaired) electrons. The van der Waals surface area contributed by atoms with Gasteiger partial charge in [-0.15, -0.1) is 0 Å². The number of aromatic nitrogens is 2. The summed E-state index contributed by atoms with van der Waals surface area (Å²) in [4.78, 5) is 46.1. The standard InChI is InChI=1S/C42H58N4O6S2/c1-31(19-38(46(30-48)52-42(6,7)8)26-53-25-33-21-35-13-9-11-15-39(35)43-23-33)17-18-37(45(29-47)51-41(3,4)5)20-32(2)27-54(49,50)28-34-22-36-14-10-12-16-40(36)44-24-34/h9-16,21-24,29-32,37-38H,17-20,25-28H2,1-8H3. The maximum Gasteiger partial charge on any atom is 0.233 e.